The summed E-state index contributed by atoms with van der Waals surface area (Å²) in [6.45, 7) is 2.91. The number of likely N-dealkylation sites (tertiary alicyclic amines) is 1. The molecular formula is C16H25N3O. The molecule has 0 radical (unpaired) electrons. The fraction of sp³-hybridized carbons (Fsp3) is 0.688. The zero-order valence-corrected chi connectivity index (χ0v) is 12.3. The number of nitrogens with zero attached hydrogens (tertiary/aromatic N) is 2. The summed E-state index contributed by atoms with van der Waals surface area (Å²) in [5.41, 5.74) is 1.18. The highest BCUT2D eigenvalue weighted by atomic mass is 16.5. The van der Waals surface area contributed by atoms with Gasteiger partial charge in [-0.15, -0.1) is 0 Å². The maximum Gasteiger partial charge on any atom is 0.126 e. The molecule has 1 aliphatic carbocycles. The third kappa shape index (κ3) is 3.70. The lowest BCUT2D eigenvalue weighted by Crippen LogP contribution is -2.26. The molecule has 1 aromatic rings. The van der Waals surface area contributed by atoms with Gasteiger partial charge in [0.1, 0.15) is 5.75 Å². The summed E-state index contributed by atoms with van der Waals surface area (Å²) in [4.78, 5) is 6.66. The first kappa shape index (κ1) is 13.8. The normalized spacial score (nSPS) is 23.1. The fourth-order valence-corrected chi connectivity index (χ4v) is 2.88. The highest BCUT2D eigenvalue weighted by Gasteiger charge is 2.22. The van der Waals surface area contributed by atoms with E-state index in [4.69, 9.17) is 4.74 Å². The van der Waals surface area contributed by atoms with Crippen LogP contribution < -0.4 is 10.1 Å². The third-order valence-corrected chi connectivity index (χ3v) is 4.40. The van der Waals surface area contributed by atoms with Crippen LogP contribution >= 0.6 is 0 Å². The van der Waals surface area contributed by atoms with E-state index in [1.165, 1.54) is 37.8 Å². The third-order valence-electron chi connectivity index (χ3n) is 4.40. The van der Waals surface area contributed by atoms with E-state index < -0.39 is 0 Å². The molecule has 1 unspecified atom stereocenters. The highest BCUT2D eigenvalue weighted by molar-refractivity contribution is 5.30. The minimum Gasteiger partial charge on any atom is -0.493 e. The monoisotopic (exact) mass is 275 g/mol. The van der Waals surface area contributed by atoms with E-state index in [0.29, 0.717) is 6.04 Å². The lowest BCUT2D eigenvalue weighted by molar-refractivity contribution is 0.232. The number of hydrogen-bond acceptors (Lipinski definition) is 4. The van der Waals surface area contributed by atoms with Gasteiger partial charge in [0.05, 0.1) is 6.61 Å². The van der Waals surface area contributed by atoms with Crippen molar-refractivity contribution in [2.24, 2.45) is 0 Å². The van der Waals surface area contributed by atoms with E-state index in [0.717, 1.165) is 31.4 Å². The number of pyridine rings is 1. The molecule has 2 heterocycles. The SMILES string of the molecule is CN1CCCC1CCOc1ccncc1CNC1CC1. The smallest absolute Gasteiger partial charge is 0.126 e. The Labute approximate surface area is 121 Å². The van der Waals surface area contributed by atoms with E-state index in [1.54, 1.807) is 0 Å². The molecule has 1 aliphatic heterocycles. The van der Waals surface area contributed by atoms with Crippen LogP contribution in [0.3, 0.4) is 0 Å². The quantitative estimate of drug-likeness (QED) is 0.828. The van der Waals surface area contributed by atoms with Gasteiger partial charge in [0.2, 0.25) is 0 Å². The molecule has 4 heteroatoms. The molecular weight excluding hydrogens is 250 g/mol. The molecule has 110 valence electrons. The van der Waals surface area contributed by atoms with Crippen LogP contribution in [0.5, 0.6) is 5.75 Å². The van der Waals surface area contributed by atoms with Crippen LogP contribution in [0, 0.1) is 0 Å². The summed E-state index contributed by atoms with van der Waals surface area (Å²) in [7, 11) is 2.22. The van der Waals surface area contributed by atoms with Crippen molar-refractivity contribution in [1.29, 1.82) is 0 Å². The standard InChI is InChI=1S/C16H25N3O/c1-19-9-2-3-15(19)7-10-20-16-6-8-17-11-13(16)12-18-14-4-5-14/h6,8,11,14-15,18H,2-5,7,9-10,12H2,1H3. The molecule has 0 aromatic carbocycles. The minimum absolute atomic E-state index is 0.699. The topological polar surface area (TPSA) is 37.4 Å². The Hall–Kier alpha value is -1.13. The van der Waals surface area contributed by atoms with E-state index in [-0.39, 0.29) is 0 Å². The molecule has 1 atom stereocenters. The first-order valence-corrected chi connectivity index (χ1v) is 7.82. The van der Waals surface area contributed by atoms with Gasteiger partial charge >= 0.3 is 0 Å². The van der Waals surface area contributed by atoms with E-state index >= 15 is 0 Å². The van der Waals surface area contributed by atoms with Gasteiger partial charge < -0.3 is 15.0 Å². The number of aromatic nitrogens is 1. The molecule has 1 aromatic heterocycles. The van der Waals surface area contributed by atoms with Crippen molar-refractivity contribution in [2.75, 3.05) is 20.2 Å². The van der Waals surface area contributed by atoms with E-state index in [9.17, 15) is 0 Å². The number of rotatable bonds is 7. The van der Waals surface area contributed by atoms with Gasteiger partial charge in [-0.1, -0.05) is 0 Å². The molecule has 0 amide bonds. The second kappa shape index (κ2) is 6.55. The first-order chi connectivity index (χ1) is 9.83. The van der Waals surface area contributed by atoms with Gasteiger partial charge in [-0.3, -0.25) is 4.98 Å². The second-order valence-corrected chi connectivity index (χ2v) is 6.05. The molecule has 1 saturated carbocycles. The van der Waals surface area contributed by atoms with Gasteiger partial charge in [0.25, 0.3) is 0 Å². The maximum atomic E-state index is 5.99. The number of ether oxygens (including phenoxy) is 1. The van der Waals surface area contributed by atoms with Crippen LogP contribution in [0.1, 0.15) is 37.7 Å². The first-order valence-electron chi connectivity index (χ1n) is 7.82. The van der Waals surface area contributed by atoms with Crippen LogP contribution in [0.4, 0.5) is 0 Å². The van der Waals surface area contributed by atoms with Gasteiger partial charge in [0, 0.05) is 36.6 Å². The fourth-order valence-electron chi connectivity index (χ4n) is 2.88. The lowest BCUT2D eigenvalue weighted by atomic mass is 10.1. The van der Waals surface area contributed by atoms with Gasteiger partial charge in [-0.25, -0.2) is 0 Å². The molecule has 2 fully saturated rings. The lowest BCUT2D eigenvalue weighted by Gasteiger charge is -2.19. The summed E-state index contributed by atoms with van der Waals surface area (Å²) in [6, 6.07) is 3.41. The predicted molar refractivity (Wildman–Crippen MR) is 79.9 cm³/mol. The van der Waals surface area contributed by atoms with Crippen LogP contribution in [-0.4, -0.2) is 42.2 Å². The Morgan fingerprint density at radius 2 is 2.30 bits per heavy atom. The average molecular weight is 275 g/mol. The molecule has 1 N–H and O–H groups in total. The van der Waals surface area contributed by atoms with Gasteiger partial charge in [0.15, 0.2) is 0 Å². The Morgan fingerprint density at radius 3 is 3.05 bits per heavy atom. The molecule has 0 bridgehead atoms. The predicted octanol–water partition coefficient (Wildman–Crippen LogP) is 2.20. The Balaban J connectivity index is 1.48. The average Bonchev–Trinajstić information content (AvgIpc) is 3.21. The van der Waals surface area contributed by atoms with Crippen molar-refractivity contribution in [1.82, 2.24) is 15.2 Å². The van der Waals surface area contributed by atoms with Gasteiger partial charge in [-0.05, 0) is 51.8 Å². The number of nitrogens with one attached hydrogen (secondary N) is 1. The Morgan fingerprint density at radius 1 is 1.40 bits per heavy atom. The molecule has 20 heavy (non-hydrogen) atoms. The largest absolute Gasteiger partial charge is 0.493 e. The van der Waals surface area contributed by atoms with Crippen molar-refractivity contribution >= 4 is 0 Å². The highest BCUT2D eigenvalue weighted by Crippen LogP contribution is 2.23. The summed E-state index contributed by atoms with van der Waals surface area (Å²) >= 11 is 0. The summed E-state index contributed by atoms with van der Waals surface area (Å²) in [5, 5.41) is 3.52. The summed E-state index contributed by atoms with van der Waals surface area (Å²) in [6.07, 6.45) is 10.1. The summed E-state index contributed by atoms with van der Waals surface area (Å²) in [5.74, 6) is 0.994. The Bertz CT molecular complexity index is 433. The van der Waals surface area contributed by atoms with Crippen LogP contribution in [0.25, 0.3) is 0 Å². The molecule has 4 nitrogen and oxygen atoms in total. The van der Waals surface area contributed by atoms with E-state index in [1.807, 2.05) is 18.5 Å². The van der Waals surface area contributed by atoms with Crippen molar-refractivity contribution in [2.45, 2.75) is 50.7 Å². The van der Waals surface area contributed by atoms with Crippen molar-refractivity contribution in [3.05, 3.63) is 24.0 Å². The van der Waals surface area contributed by atoms with Crippen LogP contribution in [-0.2, 0) is 6.54 Å². The van der Waals surface area contributed by atoms with Crippen molar-refractivity contribution in [3.8, 4) is 5.75 Å². The second-order valence-electron chi connectivity index (χ2n) is 6.05. The van der Waals surface area contributed by atoms with Crippen molar-refractivity contribution in [3.63, 3.8) is 0 Å². The summed E-state index contributed by atoms with van der Waals surface area (Å²) < 4.78 is 5.99. The van der Waals surface area contributed by atoms with Gasteiger partial charge in [-0.2, -0.15) is 0 Å². The molecule has 2 aliphatic rings. The van der Waals surface area contributed by atoms with Crippen LogP contribution in [0.2, 0.25) is 0 Å². The molecule has 1 saturated heterocycles. The minimum atomic E-state index is 0.699. The number of hydrogen-bond donors (Lipinski definition) is 1. The van der Waals surface area contributed by atoms with Crippen molar-refractivity contribution < 1.29 is 4.74 Å². The van der Waals surface area contributed by atoms with E-state index in [2.05, 4.69) is 22.2 Å². The molecule has 0 spiro atoms. The Kier molecular flexibility index (Phi) is 4.53. The zero-order valence-electron chi connectivity index (χ0n) is 12.3. The molecule has 3 rings (SSSR count). The maximum absolute atomic E-state index is 5.99. The zero-order chi connectivity index (χ0) is 13.8. The van der Waals surface area contributed by atoms with Crippen LogP contribution in [0.15, 0.2) is 18.5 Å².